The third-order valence-corrected chi connectivity index (χ3v) is 3.20. The van der Waals surface area contributed by atoms with E-state index in [1.54, 1.807) is 0 Å². The van der Waals surface area contributed by atoms with Gasteiger partial charge in [0.25, 0.3) is 0 Å². The van der Waals surface area contributed by atoms with E-state index in [1.807, 2.05) is 30.3 Å². The normalized spacial score (nSPS) is 14.5. The first-order chi connectivity index (χ1) is 8.14. The molecule has 0 saturated carbocycles. The number of phosphoric acid groups is 1. The maximum atomic E-state index is 11.5. The van der Waals surface area contributed by atoms with E-state index in [0.29, 0.717) is 0 Å². The lowest BCUT2D eigenvalue weighted by atomic mass is 10.2. The lowest BCUT2D eigenvalue weighted by molar-refractivity contribution is 0.141. The Labute approximate surface area is 102 Å². The van der Waals surface area contributed by atoms with E-state index in [-0.39, 0.29) is 13.2 Å². The van der Waals surface area contributed by atoms with Crippen LogP contribution in [0.15, 0.2) is 30.3 Å². The molecule has 0 bridgehead atoms. The Kier molecular flexibility index (Phi) is 6.45. The van der Waals surface area contributed by atoms with Crippen molar-refractivity contribution in [3.63, 3.8) is 0 Å². The monoisotopic (exact) mass is 258 g/mol. The molecule has 1 N–H and O–H groups in total. The maximum Gasteiger partial charge on any atom is 0.472 e. The molecule has 0 amide bonds. The average molecular weight is 258 g/mol. The summed E-state index contributed by atoms with van der Waals surface area (Å²) in [6.45, 7) is 2.41. The van der Waals surface area contributed by atoms with Gasteiger partial charge in [-0.2, -0.15) is 0 Å². The highest BCUT2D eigenvalue weighted by atomic mass is 31.2. The SMILES string of the molecule is CCCCCOP(=O)(O)OCc1ccccc1. The average Bonchev–Trinajstić information content (AvgIpc) is 2.34. The Morgan fingerprint density at radius 2 is 1.88 bits per heavy atom. The molecule has 0 fully saturated rings. The van der Waals surface area contributed by atoms with Gasteiger partial charge < -0.3 is 4.89 Å². The van der Waals surface area contributed by atoms with E-state index in [4.69, 9.17) is 9.05 Å². The molecule has 0 spiro atoms. The minimum absolute atomic E-state index is 0.0857. The Morgan fingerprint density at radius 1 is 1.18 bits per heavy atom. The van der Waals surface area contributed by atoms with Gasteiger partial charge in [-0.25, -0.2) is 4.57 Å². The molecule has 4 nitrogen and oxygen atoms in total. The van der Waals surface area contributed by atoms with Gasteiger partial charge in [-0.1, -0.05) is 50.1 Å². The van der Waals surface area contributed by atoms with E-state index in [2.05, 4.69) is 6.92 Å². The molecule has 0 aliphatic rings. The Morgan fingerprint density at radius 3 is 2.53 bits per heavy atom. The van der Waals surface area contributed by atoms with Crippen LogP contribution >= 0.6 is 7.82 Å². The van der Waals surface area contributed by atoms with Gasteiger partial charge in [0.1, 0.15) is 0 Å². The van der Waals surface area contributed by atoms with Crippen molar-refractivity contribution in [3.8, 4) is 0 Å². The van der Waals surface area contributed by atoms with Crippen LogP contribution in [0.1, 0.15) is 31.7 Å². The van der Waals surface area contributed by atoms with Crippen LogP contribution in [0, 0.1) is 0 Å². The molecule has 0 aliphatic heterocycles. The maximum absolute atomic E-state index is 11.5. The van der Waals surface area contributed by atoms with E-state index < -0.39 is 7.82 Å². The van der Waals surface area contributed by atoms with Crippen molar-refractivity contribution >= 4 is 7.82 Å². The smallest absolute Gasteiger partial charge is 0.302 e. The highest BCUT2D eigenvalue weighted by molar-refractivity contribution is 7.47. The molecular weight excluding hydrogens is 239 g/mol. The predicted octanol–water partition coefficient (Wildman–Crippen LogP) is 3.51. The summed E-state index contributed by atoms with van der Waals surface area (Å²) in [5.41, 5.74) is 0.846. The van der Waals surface area contributed by atoms with Crippen molar-refractivity contribution in [3.05, 3.63) is 35.9 Å². The molecule has 0 radical (unpaired) electrons. The minimum atomic E-state index is -3.90. The molecule has 0 aromatic heterocycles. The van der Waals surface area contributed by atoms with Crippen LogP contribution in [0.5, 0.6) is 0 Å². The van der Waals surface area contributed by atoms with Crippen molar-refractivity contribution in [1.82, 2.24) is 0 Å². The Balaban J connectivity index is 2.27. The largest absolute Gasteiger partial charge is 0.472 e. The molecule has 0 heterocycles. The fraction of sp³-hybridized carbons (Fsp3) is 0.500. The fourth-order valence-electron chi connectivity index (χ4n) is 1.30. The molecule has 96 valence electrons. The number of hydrogen-bond acceptors (Lipinski definition) is 3. The molecule has 1 aromatic carbocycles. The number of benzene rings is 1. The van der Waals surface area contributed by atoms with E-state index in [1.165, 1.54) is 0 Å². The van der Waals surface area contributed by atoms with Crippen LogP contribution in [-0.4, -0.2) is 11.5 Å². The minimum Gasteiger partial charge on any atom is -0.302 e. The highest BCUT2D eigenvalue weighted by Gasteiger charge is 2.20. The molecule has 1 aromatic rings. The van der Waals surface area contributed by atoms with Gasteiger partial charge in [0.15, 0.2) is 0 Å². The van der Waals surface area contributed by atoms with Gasteiger partial charge in [-0.15, -0.1) is 0 Å². The summed E-state index contributed by atoms with van der Waals surface area (Å²) in [5, 5.41) is 0. The topological polar surface area (TPSA) is 55.8 Å². The third-order valence-electron chi connectivity index (χ3n) is 2.24. The summed E-state index contributed by atoms with van der Waals surface area (Å²) in [7, 11) is -3.90. The van der Waals surface area contributed by atoms with Crippen LogP contribution in [0.4, 0.5) is 0 Å². The highest BCUT2D eigenvalue weighted by Crippen LogP contribution is 2.44. The van der Waals surface area contributed by atoms with Crippen molar-refractivity contribution in [2.24, 2.45) is 0 Å². The standard InChI is InChI=1S/C12H19O4P/c1-2-3-7-10-15-17(13,14)16-11-12-8-5-4-6-9-12/h4-6,8-9H,2-3,7,10-11H2,1H3,(H,13,14). The second kappa shape index (κ2) is 7.62. The molecule has 0 aliphatic carbocycles. The van der Waals surface area contributed by atoms with E-state index in [0.717, 1.165) is 24.8 Å². The molecular formula is C12H19O4P. The fourth-order valence-corrected chi connectivity index (χ4v) is 2.05. The van der Waals surface area contributed by atoms with Crippen molar-refractivity contribution < 1.29 is 18.5 Å². The second-order valence-corrected chi connectivity index (χ2v) is 5.22. The predicted molar refractivity (Wildman–Crippen MR) is 66.5 cm³/mol. The number of hydrogen-bond donors (Lipinski definition) is 1. The Bertz CT molecular complexity index is 353. The zero-order valence-electron chi connectivity index (χ0n) is 10.0. The third kappa shape index (κ3) is 6.59. The summed E-state index contributed by atoms with van der Waals surface area (Å²) in [6, 6.07) is 9.24. The van der Waals surface area contributed by atoms with E-state index >= 15 is 0 Å². The quantitative estimate of drug-likeness (QED) is 0.572. The summed E-state index contributed by atoms with van der Waals surface area (Å²) in [6.07, 6.45) is 2.80. The number of unbranched alkanes of at least 4 members (excludes halogenated alkanes) is 2. The van der Waals surface area contributed by atoms with Gasteiger partial charge in [-0.05, 0) is 12.0 Å². The summed E-state index contributed by atoms with van der Waals surface area (Å²) >= 11 is 0. The number of rotatable bonds is 8. The number of phosphoric ester groups is 1. The summed E-state index contributed by atoms with van der Waals surface area (Å²) in [4.78, 5) is 9.39. The van der Waals surface area contributed by atoms with Crippen molar-refractivity contribution in [1.29, 1.82) is 0 Å². The molecule has 5 heteroatoms. The molecule has 1 rings (SSSR count). The lowest BCUT2D eigenvalue weighted by Gasteiger charge is -2.11. The van der Waals surface area contributed by atoms with Crippen LogP contribution in [0.3, 0.4) is 0 Å². The van der Waals surface area contributed by atoms with Crippen LogP contribution in [0.25, 0.3) is 0 Å². The van der Waals surface area contributed by atoms with Gasteiger partial charge in [0.05, 0.1) is 13.2 Å². The zero-order chi connectivity index (χ0) is 12.6. The van der Waals surface area contributed by atoms with Crippen LogP contribution < -0.4 is 0 Å². The van der Waals surface area contributed by atoms with Gasteiger partial charge >= 0.3 is 7.82 Å². The van der Waals surface area contributed by atoms with Crippen molar-refractivity contribution in [2.45, 2.75) is 32.8 Å². The Hall–Kier alpha value is -0.670. The first-order valence-electron chi connectivity index (χ1n) is 5.80. The second-order valence-electron chi connectivity index (χ2n) is 3.77. The van der Waals surface area contributed by atoms with Gasteiger partial charge in [-0.3, -0.25) is 9.05 Å². The lowest BCUT2D eigenvalue weighted by Crippen LogP contribution is -1.97. The molecule has 1 unspecified atom stereocenters. The first-order valence-corrected chi connectivity index (χ1v) is 7.29. The molecule has 1 atom stereocenters. The van der Waals surface area contributed by atoms with Gasteiger partial charge in [0, 0.05) is 0 Å². The molecule has 0 saturated heterocycles. The summed E-state index contributed by atoms with van der Waals surface area (Å²) in [5.74, 6) is 0. The van der Waals surface area contributed by atoms with Crippen molar-refractivity contribution in [2.75, 3.05) is 6.61 Å². The summed E-state index contributed by atoms with van der Waals surface area (Å²) < 4.78 is 21.2. The zero-order valence-corrected chi connectivity index (χ0v) is 10.9. The molecule has 17 heavy (non-hydrogen) atoms. The first kappa shape index (κ1) is 14.4. The van der Waals surface area contributed by atoms with Crippen LogP contribution in [0.2, 0.25) is 0 Å². The van der Waals surface area contributed by atoms with E-state index in [9.17, 15) is 9.46 Å². The van der Waals surface area contributed by atoms with Gasteiger partial charge in [0.2, 0.25) is 0 Å². The van der Waals surface area contributed by atoms with Crippen LogP contribution in [-0.2, 0) is 20.2 Å².